The standard InChI is InChI=1S/C35H68N2/c1-4-6-8-10-12-14-16-18-20-22-24-26-28-30-34(35-36-32-33-37(35)3)31-29-27-25-23-21-19-17-15-13-11-9-7-5-2/h32-34H,4-31H2,1-3H3/p+1. The zero-order valence-electron chi connectivity index (χ0n) is 26.0. The minimum atomic E-state index is 0.723. The smallest absolute Gasteiger partial charge is 0.247 e. The maximum atomic E-state index is 3.56. The van der Waals surface area contributed by atoms with Gasteiger partial charge in [-0.3, -0.25) is 0 Å². The Kier molecular flexibility index (Phi) is 24.8. The summed E-state index contributed by atoms with van der Waals surface area (Å²) in [6, 6.07) is 0. The molecule has 37 heavy (non-hydrogen) atoms. The van der Waals surface area contributed by atoms with Gasteiger partial charge in [-0.1, -0.05) is 181 Å². The third-order valence-electron chi connectivity index (χ3n) is 8.61. The van der Waals surface area contributed by atoms with Crippen LogP contribution in [0.3, 0.4) is 0 Å². The Morgan fingerprint density at radius 2 is 0.784 bits per heavy atom. The third-order valence-corrected chi connectivity index (χ3v) is 8.61. The first-order valence-electron chi connectivity index (χ1n) is 17.3. The van der Waals surface area contributed by atoms with Crippen molar-refractivity contribution in [2.45, 2.75) is 200 Å². The Hall–Kier alpha value is -0.790. The number of aromatic nitrogens is 2. The second-order valence-electron chi connectivity index (χ2n) is 12.2. The minimum Gasteiger partial charge on any atom is -0.247 e. The van der Waals surface area contributed by atoms with Crippen LogP contribution in [0, 0.1) is 0 Å². The Bertz CT molecular complexity index is 533. The van der Waals surface area contributed by atoms with E-state index in [0.29, 0.717) is 0 Å². The van der Waals surface area contributed by atoms with Gasteiger partial charge in [0, 0.05) is 0 Å². The lowest BCUT2D eigenvalue weighted by Gasteiger charge is -2.13. The fourth-order valence-electron chi connectivity index (χ4n) is 6.06. The average Bonchev–Trinajstić information content (AvgIpc) is 3.33. The van der Waals surface area contributed by atoms with E-state index in [0.717, 1.165) is 5.92 Å². The molecule has 0 unspecified atom stereocenters. The second kappa shape index (κ2) is 26.8. The predicted molar refractivity (Wildman–Crippen MR) is 165 cm³/mol. The zero-order valence-corrected chi connectivity index (χ0v) is 26.0. The van der Waals surface area contributed by atoms with E-state index in [4.69, 9.17) is 0 Å². The molecule has 2 heteroatoms. The van der Waals surface area contributed by atoms with Gasteiger partial charge < -0.3 is 0 Å². The van der Waals surface area contributed by atoms with Gasteiger partial charge in [0.25, 0.3) is 5.82 Å². The molecule has 0 bridgehead atoms. The van der Waals surface area contributed by atoms with Crippen molar-refractivity contribution >= 4 is 0 Å². The van der Waals surface area contributed by atoms with Crippen LogP contribution in [-0.4, -0.2) is 4.98 Å². The molecule has 0 saturated carbocycles. The molecule has 1 rings (SSSR count). The van der Waals surface area contributed by atoms with Gasteiger partial charge in [0.05, 0.1) is 13.0 Å². The number of aromatic amines is 1. The fourth-order valence-corrected chi connectivity index (χ4v) is 6.06. The van der Waals surface area contributed by atoms with Gasteiger partial charge in [0.1, 0.15) is 12.4 Å². The van der Waals surface area contributed by atoms with E-state index in [1.165, 1.54) is 186 Å². The topological polar surface area (TPSA) is 19.7 Å². The maximum absolute atomic E-state index is 3.56. The van der Waals surface area contributed by atoms with Crippen molar-refractivity contribution in [1.82, 2.24) is 4.98 Å². The SMILES string of the molecule is CCCCCCCCCCCCCCCC(CCCCCCCCCCCCCCC)c1[nH]cc[n+]1C. The zero-order chi connectivity index (χ0) is 26.7. The minimum absolute atomic E-state index is 0.723. The number of unbranched alkanes of at least 4 members (excludes halogenated alkanes) is 24. The molecule has 1 aromatic rings. The van der Waals surface area contributed by atoms with Gasteiger partial charge in [-0.2, -0.15) is 0 Å². The Morgan fingerprint density at radius 1 is 0.486 bits per heavy atom. The van der Waals surface area contributed by atoms with E-state index in [2.05, 4.69) is 42.8 Å². The highest BCUT2D eigenvalue weighted by molar-refractivity contribution is 4.89. The van der Waals surface area contributed by atoms with Crippen LogP contribution in [0.5, 0.6) is 0 Å². The predicted octanol–water partition coefficient (Wildman–Crippen LogP) is 11.9. The molecule has 0 aromatic carbocycles. The molecule has 0 aliphatic carbocycles. The Morgan fingerprint density at radius 3 is 1.05 bits per heavy atom. The molecule has 1 aromatic heterocycles. The van der Waals surface area contributed by atoms with E-state index in [1.807, 2.05) is 0 Å². The summed E-state index contributed by atoms with van der Waals surface area (Å²) in [7, 11) is 2.21. The van der Waals surface area contributed by atoms with E-state index < -0.39 is 0 Å². The number of rotatable bonds is 29. The molecular formula is C35H69N2+. The van der Waals surface area contributed by atoms with Crippen molar-refractivity contribution in [3.8, 4) is 0 Å². The lowest BCUT2D eigenvalue weighted by molar-refractivity contribution is -0.679. The molecule has 0 aliphatic rings. The molecule has 0 fully saturated rings. The van der Waals surface area contributed by atoms with E-state index in [9.17, 15) is 0 Å². The molecule has 0 atom stereocenters. The number of hydrogen-bond donors (Lipinski definition) is 1. The summed E-state index contributed by atoms with van der Waals surface area (Å²) in [5.74, 6) is 2.18. The van der Waals surface area contributed by atoms with E-state index in [1.54, 1.807) is 0 Å². The second-order valence-corrected chi connectivity index (χ2v) is 12.2. The van der Waals surface area contributed by atoms with Crippen molar-refractivity contribution in [3.05, 3.63) is 18.2 Å². The largest absolute Gasteiger partial charge is 0.257 e. The summed E-state index contributed by atoms with van der Waals surface area (Å²) in [4.78, 5) is 3.56. The first kappa shape index (κ1) is 34.2. The highest BCUT2D eigenvalue weighted by atomic mass is 15.0. The molecule has 0 saturated heterocycles. The first-order valence-corrected chi connectivity index (χ1v) is 17.3. The van der Waals surface area contributed by atoms with Gasteiger partial charge in [-0.15, -0.1) is 0 Å². The van der Waals surface area contributed by atoms with Crippen LogP contribution in [0.1, 0.15) is 205 Å². The first-order chi connectivity index (χ1) is 18.3. The number of H-pyrrole nitrogens is 1. The van der Waals surface area contributed by atoms with Gasteiger partial charge >= 0.3 is 0 Å². The number of nitrogens with zero attached hydrogens (tertiary/aromatic N) is 1. The highest BCUT2D eigenvalue weighted by Gasteiger charge is 2.20. The van der Waals surface area contributed by atoms with Crippen LogP contribution in [-0.2, 0) is 7.05 Å². The van der Waals surface area contributed by atoms with Crippen LogP contribution in [0.4, 0.5) is 0 Å². The van der Waals surface area contributed by atoms with Crippen LogP contribution in [0.2, 0.25) is 0 Å². The van der Waals surface area contributed by atoms with Crippen molar-refractivity contribution < 1.29 is 4.57 Å². The van der Waals surface area contributed by atoms with Gasteiger partial charge in [-0.25, -0.2) is 9.55 Å². The monoisotopic (exact) mass is 518 g/mol. The molecule has 0 amide bonds. The van der Waals surface area contributed by atoms with Crippen molar-refractivity contribution in [2.24, 2.45) is 7.05 Å². The Balaban J connectivity index is 2.02. The van der Waals surface area contributed by atoms with Crippen molar-refractivity contribution in [3.63, 3.8) is 0 Å². The average molecular weight is 518 g/mol. The van der Waals surface area contributed by atoms with E-state index in [-0.39, 0.29) is 0 Å². The molecule has 1 heterocycles. The molecule has 0 aliphatic heterocycles. The molecule has 218 valence electrons. The third kappa shape index (κ3) is 20.8. The molecular weight excluding hydrogens is 448 g/mol. The summed E-state index contributed by atoms with van der Waals surface area (Å²) in [5, 5.41) is 0. The van der Waals surface area contributed by atoms with Crippen LogP contribution < -0.4 is 4.57 Å². The fraction of sp³-hybridized carbons (Fsp3) is 0.914. The summed E-state index contributed by atoms with van der Waals surface area (Å²) in [5.41, 5.74) is 0. The lowest BCUT2D eigenvalue weighted by Crippen LogP contribution is -2.32. The van der Waals surface area contributed by atoms with Gasteiger partial charge in [0.2, 0.25) is 0 Å². The van der Waals surface area contributed by atoms with Crippen LogP contribution >= 0.6 is 0 Å². The molecule has 0 radical (unpaired) electrons. The van der Waals surface area contributed by atoms with E-state index >= 15 is 0 Å². The summed E-state index contributed by atoms with van der Waals surface area (Å²) >= 11 is 0. The van der Waals surface area contributed by atoms with Crippen molar-refractivity contribution in [1.29, 1.82) is 0 Å². The van der Waals surface area contributed by atoms with Crippen LogP contribution in [0.15, 0.2) is 12.4 Å². The summed E-state index contributed by atoms with van der Waals surface area (Å²) in [6.45, 7) is 4.61. The summed E-state index contributed by atoms with van der Waals surface area (Å²) in [6.07, 6.45) is 44.6. The summed E-state index contributed by atoms with van der Waals surface area (Å²) < 4.78 is 2.33. The van der Waals surface area contributed by atoms with Crippen molar-refractivity contribution in [2.75, 3.05) is 0 Å². The lowest BCUT2D eigenvalue weighted by atomic mass is 9.93. The molecule has 1 N–H and O–H groups in total. The Labute approximate surface area is 234 Å². The van der Waals surface area contributed by atoms with Crippen LogP contribution in [0.25, 0.3) is 0 Å². The quantitative estimate of drug-likeness (QED) is 0.0805. The molecule has 0 spiro atoms. The van der Waals surface area contributed by atoms with Gasteiger partial charge in [0.15, 0.2) is 0 Å². The number of imidazole rings is 1. The highest BCUT2D eigenvalue weighted by Crippen LogP contribution is 2.26. The maximum Gasteiger partial charge on any atom is 0.257 e. The number of hydrogen-bond acceptors (Lipinski definition) is 0. The molecule has 2 nitrogen and oxygen atoms in total. The number of aryl methyl sites for hydroxylation is 1. The normalized spacial score (nSPS) is 11.7. The van der Waals surface area contributed by atoms with Gasteiger partial charge in [-0.05, 0) is 12.8 Å². The number of nitrogens with one attached hydrogen (secondary N) is 1.